The van der Waals surface area contributed by atoms with Gasteiger partial charge in [0.25, 0.3) is 0 Å². The summed E-state index contributed by atoms with van der Waals surface area (Å²) in [6, 6.07) is -0.273. The van der Waals surface area contributed by atoms with Crippen LogP contribution in [-0.2, 0) is 0 Å². The van der Waals surface area contributed by atoms with Crippen molar-refractivity contribution >= 4 is 0 Å². The SMILES string of the molecule is NCCC[C@H](NC(O)CCC1CCCCC1)C(N)O. The predicted octanol–water partition coefficient (Wildman–Crippen LogP) is 0.639. The largest absolute Gasteiger partial charge is 0.379 e. The first-order chi connectivity index (χ1) is 9.13. The Labute approximate surface area is 116 Å². The van der Waals surface area contributed by atoms with Crippen molar-refractivity contribution in [1.82, 2.24) is 5.32 Å². The lowest BCUT2D eigenvalue weighted by Gasteiger charge is -2.27. The molecule has 19 heavy (non-hydrogen) atoms. The van der Waals surface area contributed by atoms with E-state index in [4.69, 9.17) is 11.5 Å². The Balaban J connectivity index is 2.20. The zero-order chi connectivity index (χ0) is 14.1. The molecule has 0 heterocycles. The van der Waals surface area contributed by atoms with E-state index in [2.05, 4.69) is 5.32 Å². The summed E-state index contributed by atoms with van der Waals surface area (Å²) in [5.41, 5.74) is 11.0. The van der Waals surface area contributed by atoms with Gasteiger partial charge in [0.15, 0.2) is 0 Å². The van der Waals surface area contributed by atoms with Gasteiger partial charge in [0, 0.05) is 6.04 Å². The molecule has 2 unspecified atom stereocenters. The molecule has 0 amide bonds. The molecule has 0 spiro atoms. The van der Waals surface area contributed by atoms with Gasteiger partial charge in [-0.3, -0.25) is 5.32 Å². The maximum absolute atomic E-state index is 9.99. The lowest BCUT2D eigenvalue weighted by Crippen LogP contribution is -2.49. The van der Waals surface area contributed by atoms with E-state index in [9.17, 15) is 10.2 Å². The lowest BCUT2D eigenvalue weighted by atomic mass is 9.86. The van der Waals surface area contributed by atoms with Crippen LogP contribution in [0.2, 0.25) is 0 Å². The number of rotatable bonds is 9. The maximum atomic E-state index is 9.99. The van der Waals surface area contributed by atoms with Crippen molar-refractivity contribution in [2.24, 2.45) is 17.4 Å². The van der Waals surface area contributed by atoms with Crippen LogP contribution < -0.4 is 16.8 Å². The Bertz CT molecular complexity index is 221. The highest BCUT2D eigenvalue weighted by Gasteiger charge is 2.20. The summed E-state index contributed by atoms with van der Waals surface area (Å²) in [5.74, 6) is 0.760. The highest BCUT2D eigenvalue weighted by molar-refractivity contribution is 4.74. The second-order valence-corrected chi connectivity index (χ2v) is 5.79. The predicted molar refractivity (Wildman–Crippen MR) is 77.2 cm³/mol. The molecule has 1 saturated carbocycles. The third kappa shape index (κ3) is 7.22. The number of aliphatic hydroxyl groups is 2. The standard InChI is InChI=1S/C14H31N3O2/c15-10-4-7-12(14(16)19)17-13(18)9-8-11-5-2-1-3-6-11/h11-14,17-19H,1-10,15-16H2/t12-,13?,14?/m0/s1. The van der Waals surface area contributed by atoms with Crippen LogP contribution in [0.4, 0.5) is 0 Å². The van der Waals surface area contributed by atoms with Gasteiger partial charge < -0.3 is 21.7 Å². The first-order valence-electron chi connectivity index (χ1n) is 7.71. The van der Waals surface area contributed by atoms with Crippen molar-refractivity contribution in [3.05, 3.63) is 0 Å². The van der Waals surface area contributed by atoms with Gasteiger partial charge in [0.1, 0.15) is 12.5 Å². The second kappa shape index (κ2) is 9.66. The van der Waals surface area contributed by atoms with E-state index < -0.39 is 12.5 Å². The van der Waals surface area contributed by atoms with E-state index in [1.807, 2.05) is 0 Å². The van der Waals surface area contributed by atoms with Crippen LogP contribution in [0.3, 0.4) is 0 Å². The van der Waals surface area contributed by atoms with Gasteiger partial charge in [-0.1, -0.05) is 32.1 Å². The van der Waals surface area contributed by atoms with E-state index in [-0.39, 0.29) is 6.04 Å². The molecular formula is C14H31N3O2. The van der Waals surface area contributed by atoms with Gasteiger partial charge in [-0.15, -0.1) is 0 Å². The molecule has 3 atom stereocenters. The smallest absolute Gasteiger partial charge is 0.117 e. The summed E-state index contributed by atoms with van der Waals surface area (Å²) in [6.07, 6.45) is 8.34. The number of aliphatic hydroxyl groups excluding tert-OH is 2. The molecule has 1 fully saturated rings. The van der Waals surface area contributed by atoms with Gasteiger partial charge in [-0.25, -0.2) is 0 Å². The fourth-order valence-electron chi connectivity index (χ4n) is 2.89. The Hall–Kier alpha value is -0.200. The van der Waals surface area contributed by atoms with Crippen LogP contribution in [-0.4, -0.2) is 35.3 Å². The highest BCUT2D eigenvalue weighted by atomic mass is 16.3. The summed E-state index contributed by atoms with van der Waals surface area (Å²) < 4.78 is 0. The van der Waals surface area contributed by atoms with E-state index in [1.54, 1.807) is 0 Å². The monoisotopic (exact) mass is 273 g/mol. The summed E-state index contributed by atoms with van der Waals surface area (Å²) in [7, 11) is 0. The minimum absolute atomic E-state index is 0.273. The van der Waals surface area contributed by atoms with E-state index in [0.717, 1.165) is 25.2 Å². The molecule has 0 bridgehead atoms. The average molecular weight is 273 g/mol. The number of hydrogen-bond donors (Lipinski definition) is 5. The van der Waals surface area contributed by atoms with Crippen molar-refractivity contribution < 1.29 is 10.2 Å². The van der Waals surface area contributed by atoms with Crippen LogP contribution in [0.15, 0.2) is 0 Å². The Morgan fingerprint density at radius 2 is 1.79 bits per heavy atom. The van der Waals surface area contributed by atoms with Crippen molar-refractivity contribution in [2.45, 2.75) is 76.3 Å². The normalized spacial score (nSPS) is 22.1. The van der Waals surface area contributed by atoms with Crippen molar-refractivity contribution in [1.29, 1.82) is 0 Å². The van der Waals surface area contributed by atoms with E-state index in [0.29, 0.717) is 13.0 Å². The fourth-order valence-corrected chi connectivity index (χ4v) is 2.89. The number of hydrogen-bond acceptors (Lipinski definition) is 5. The zero-order valence-corrected chi connectivity index (χ0v) is 11.9. The number of nitrogens with one attached hydrogen (secondary N) is 1. The Morgan fingerprint density at radius 3 is 2.37 bits per heavy atom. The van der Waals surface area contributed by atoms with Crippen LogP contribution in [0.25, 0.3) is 0 Å². The van der Waals surface area contributed by atoms with Gasteiger partial charge >= 0.3 is 0 Å². The van der Waals surface area contributed by atoms with Crippen LogP contribution in [0.1, 0.15) is 57.8 Å². The van der Waals surface area contributed by atoms with E-state index >= 15 is 0 Å². The molecule has 0 aliphatic heterocycles. The molecule has 0 aromatic rings. The molecule has 7 N–H and O–H groups in total. The van der Waals surface area contributed by atoms with Crippen molar-refractivity contribution in [3.8, 4) is 0 Å². The highest BCUT2D eigenvalue weighted by Crippen LogP contribution is 2.27. The molecule has 1 aliphatic carbocycles. The number of nitrogens with two attached hydrogens (primary N) is 2. The molecule has 1 rings (SSSR count). The van der Waals surface area contributed by atoms with Crippen molar-refractivity contribution in [3.63, 3.8) is 0 Å². The van der Waals surface area contributed by atoms with Gasteiger partial charge in [0.05, 0.1) is 0 Å². The van der Waals surface area contributed by atoms with Crippen molar-refractivity contribution in [2.75, 3.05) is 6.54 Å². The van der Waals surface area contributed by atoms with E-state index in [1.165, 1.54) is 32.1 Å². The quantitative estimate of drug-likeness (QED) is 0.397. The molecule has 0 aromatic carbocycles. The van der Waals surface area contributed by atoms with Gasteiger partial charge in [-0.05, 0) is 38.1 Å². The average Bonchev–Trinajstić information content (AvgIpc) is 2.42. The third-order valence-electron chi connectivity index (χ3n) is 4.11. The minimum atomic E-state index is -0.948. The maximum Gasteiger partial charge on any atom is 0.117 e. The molecule has 0 radical (unpaired) electrons. The van der Waals surface area contributed by atoms with Crippen LogP contribution in [0.5, 0.6) is 0 Å². The third-order valence-corrected chi connectivity index (χ3v) is 4.11. The zero-order valence-electron chi connectivity index (χ0n) is 11.9. The second-order valence-electron chi connectivity index (χ2n) is 5.79. The first kappa shape index (κ1) is 16.9. The molecule has 0 saturated heterocycles. The fraction of sp³-hybridized carbons (Fsp3) is 1.00. The van der Waals surface area contributed by atoms with Crippen LogP contribution in [0, 0.1) is 5.92 Å². The molecular weight excluding hydrogens is 242 g/mol. The molecule has 5 heteroatoms. The minimum Gasteiger partial charge on any atom is -0.379 e. The summed E-state index contributed by atoms with van der Waals surface area (Å²) >= 11 is 0. The first-order valence-corrected chi connectivity index (χ1v) is 7.71. The van der Waals surface area contributed by atoms with Gasteiger partial charge in [-0.2, -0.15) is 0 Å². The summed E-state index contributed by atoms with van der Waals surface area (Å²) in [6.45, 7) is 0.572. The Morgan fingerprint density at radius 1 is 1.11 bits per heavy atom. The molecule has 1 aliphatic rings. The summed E-state index contributed by atoms with van der Waals surface area (Å²) in [5, 5.41) is 22.5. The molecule has 114 valence electrons. The topological polar surface area (TPSA) is 105 Å². The molecule has 5 nitrogen and oxygen atoms in total. The molecule has 0 aromatic heterocycles. The van der Waals surface area contributed by atoms with Crippen LogP contribution >= 0.6 is 0 Å². The van der Waals surface area contributed by atoms with Gasteiger partial charge in [0.2, 0.25) is 0 Å². The lowest BCUT2D eigenvalue weighted by molar-refractivity contribution is 0.0550. The Kier molecular flexibility index (Phi) is 8.57. The summed E-state index contributed by atoms with van der Waals surface area (Å²) in [4.78, 5) is 0.